The number of rotatable bonds is 11. The molecule has 0 saturated carbocycles. The van der Waals surface area contributed by atoms with E-state index in [9.17, 15) is 9.59 Å². The minimum Gasteiger partial charge on any atom is -0.497 e. The number of carbonyl (C=O) groups excluding carboxylic acids is 1. The van der Waals surface area contributed by atoms with E-state index in [2.05, 4.69) is 4.98 Å². The van der Waals surface area contributed by atoms with Gasteiger partial charge in [0.2, 0.25) is 5.75 Å². The van der Waals surface area contributed by atoms with Crippen molar-refractivity contribution in [2.75, 3.05) is 31.8 Å². The van der Waals surface area contributed by atoms with E-state index >= 15 is 0 Å². The molecule has 1 N–H and O–H groups in total. The molecule has 4 aromatic rings. The molecule has 8 nitrogen and oxygen atoms in total. The predicted molar refractivity (Wildman–Crippen MR) is 153 cm³/mol. The second kappa shape index (κ2) is 12.4. The van der Waals surface area contributed by atoms with Gasteiger partial charge in [-0.15, -0.1) is 0 Å². The second-order valence-corrected chi connectivity index (χ2v) is 8.86. The number of amides is 1. The molecule has 4 rings (SSSR count). The number of methoxy groups -OCH3 is 1. The molecule has 1 aromatic heterocycles. The Morgan fingerprint density at radius 1 is 0.872 bits per heavy atom. The van der Waals surface area contributed by atoms with Crippen LogP contribution in [0.3, 0.4) is 0 Å². The fraction of sp³-hybridized carbons (Fsp3) is 0.290. The first-order chi connectivity index (χ1) is 18.9. The van der Waals surface area contributed by atoms with Crippen molar-refractivity contribution < 1.29 is 23.7 Å². The zero-order chi connectivity index (χ0) is 27.9. The average Bonchev–Trinajstić information content (AvgIpc) is 2.93. The Morgan fingerprint density at radius 2 is 1.54 bits per heavy atom. The van der Waals surface area contributed by atoms with Gasteiger partial charge in [-0.1, -0.05) is 18.2 Å². The molecule has 0 aliphatic rings. The second-order valence-electron chi connectivity index (χ2n) is 8.86. The molecule has 0 aliphatic heterocycles. The Morgan fingerprint density at radius 3 is 2.15 bits per heavy atom. The number of nitrogens with one attached hydrogen (secondary N) is 1. The molecule has 0 fully saturated rings. The number of aromatic amines is 1. The first-order valence-electron chi connectivity index (χ1n) is 13.0. The summed E-state index contributed by atoms with van der Waals surface area (Å²) in [4.78, 5) is 31.9. The van der Waals surface area contributed by atoms with E-state index in [1.165, 1.54) is 0 Å². The number of fused-ring (bicyclic) bond motifs is 1. The van der Waals surface area contributed by atoms with Crippen LogP contribution in [0, 0.1) is 6.92 Å². The third-order valence-corrected chi connectivity index (χ3v) is 6.27. The predicted octanol–water partition coefficient (Wildman–Crippen LogP) is 5.89. The van der Waals surface area contributed by atoms with Gasteiger partial charge in [0, 0.05) is 22.9 Å². The number of benzene rings is 3. The van der Waals surface area contributed by atoms with E-state index in [0.717, 1.165) is 10.9 Å². The third kappa shape index (κ3) is 6.00. The number of para-hydroxylation sites is 1. The topological polar surface area (TPSA) is 90.1 Å². The molecule has 1 amide bonds. The summed E-state index contributed by atoms with van der Waals surface area (Å²) in [6.45, 7) is 8.80. The maximum atomic E-state index is 14.2. The highest BCUT2D eigenvalue weighted by Gasteiger charge is 2.25. The summed E-state index contributed by atoms with van der Waals surface area (Å²) < 4.78 is 22.8. The first-order valence-corrected chi connectivity index (χ1v) is 13.0. The Balaban J connectivity index is 1.83. The highest BCUT2D eigenvalue weighted by molar-refractivity contribution is 6.07. The van der Waals surface area contributed by atoms with Crippen LogP contribution in [0.2, 0.25) is 0 Å². The molecule has 0 radical (unpaired) electrons. The summed E-state index contributed by atoms with van der Waals surface area (Å²) >= 11 is 0. The van der Waals surface area contributed by atoms with Crippen molar-refractivity contribution in [3.8, 4) is 23.0 Å². The van der Waals surface area contributed by atoms with Gasteiger partial charge in [-0.05, 0) is 75.0 Å². The fourth-order valence-electron chi connectivity index (χ4n) is 4.44. The van der Waals surface area contributed by atoms with Crippen LogP contribution in [-0.4, -0.2) is 37.8 Å². The molecule has 3 aromatic carbocycles. The molecule has 0 atom stereocenters. The van der Waals surface area contributed by atoms with Crippen LogP contribution in [0.5, 0.6) is 23.0 Å². The minimum atomic E-state index is -0.302. The zero-order valence-corrected chi connectivity index (χ0v) is 23.0. The molecule has 39 heavy (non-hydrogen) atoms. The summed E-state index contributed by atoms with van der Waals surface area (Å²) in [5, 5.41) is 0.834. The highest BCUT2D eigenvalue weighted by Crippen LogP contribution is 2.40. The van der Waals surface area contributed by atoms with Gasteiger partial charge in [-0.2, -0.15) is 0 Å². The van der Waals surface area contributed by atoms with Gasteiger partial charge in [0.25, 0.3) is 11.5 Å². The molecular formula is C31H34N2O6. The molecule has 0 unspecified atom stereocenters. The summed E-state index contributed by atoms with van der Waals surface area (Å²) in [5.41, 5.74) is 2.78. The van der Waals surface area contributed by atoms with Gasteiger partial charge >= 0.3 is 0 Å². The number of hydrogen-bond acceptors (Lipinski definition) is 6. The first kappa shape index (κ1) is 27.6. The van der Waals surface area contributed by atoms with E-state index in [1.54, 1.807) is 30.2 Å². The Hall–Kier alpha value is -4.46. The Labute approximate surface area is 228 Å². The molecule has 204 valence electrons. The van der Waals surface area contributed by atoms with E-state index < -0.39 is 0 Å². The van der Waals surface area contributed by atoms with Crippen molar-refractivity contribution in [3.05, 3.63) is 87.7 Å². The normalized spacial score (nSPS) is 10.8. The monoisotopic (exact) mass is 530 g/mol. The van der Waals surface area contributed by atoms with E-state index in [1.807, 2.05) is 70.2 Å². The van der Waals surface area contributed by atoms with Crippen LogP contribution < -0.4 is 29.4 Å². The van der Waals surface area contributed by atoms with Crippen molar-refractivity contribution in [1.29, 1.82) is 0 Å². The molecule has 0 aliphatic carbocycles. The van der Waals surface area contributed by atoms with E-state index in [4.69, 9.17) is 18.9 Å². The molecule has 1 heterocycles. The van der Waals surface area contributed by atoms with Crippen LogP contribution in [-0.2, 0) is 6.54 Å². The van der Waals surface area contributed by atoms with Crippen LogP contribution in [0.25, 0.3) is 10.9 Å². The maximum Gasteiger partial charge on any atom is 0.258 e. The number of anilines is 1. The molecular weight excluding hydrogens is 496 g/mol. The largest absolute Gasteiger partial charge is 0.497 e. The average molecular weight is 531 g/mol. The minimum absolute atomic E-state index is 0.0577. The summed E-state index contributed by atoms with van der Waals surface area (Å²) in [7, 11) is 1.58. The Kier molecular flexibility index (Phi) is 8.76. The number of H-pyrrole nitrogens is 1. The van der Waals surface area contributed by atoms with E-state index in [-0.39, 0.29) is 18.0 Å². The highest BCUT2D eigenvalue weighted by atomic mass is 16.5. The maximum absolute atomic E-state index is 14.2. The summed E-state index contributed by atoms with van der Waals surface area (Å²) in [6, 6.07) is 18.2. The number of nitrogens with zero attached hydrogens (tertiary/aromatic N) is 1. The van der Waals surface area contributed by atoms with Crippen molar-refractivity contribution in [3.63, 3.8) is 0 Å². The fourth-order valence-corrected chi connectivity index (χ4v) is 4.44. The lowest BCUT2D eigenvalue weighted by Gasteiger charge is -2.25. The number of aromatic nitrogens is 1. The number of aryl methyl sites for hydroxylation is 1. The number of pyridine rings is 1. The SMILES string of the molecule is CCOc1cc(C(=O)N(Cc2cc3ccc(OC)cc3[nH]c2=O)c2ccccc2C)cc(OCC)c1OCC. The standard InChI is InChI=1S/C31H34N2O6/c1-6-37-27-16-22(17-28(38-7-2)29(27)39-8-3)31(35)33(26-12-10-9-11-20(26)4)19-23-15-21-13-14-24(36-5)18-25(21)32-30(23)34/h9-18H,6-8,19H2,1-5H3,(H,32,34). The number of carbonyl (C=O) groups is 1. The number of hydrogen-bond donors (Lipinski definition) is 1. The van der Waals surface area contributed by atoms with Gasteiger partial charge in [0.05, 0.1) is 39.0 Å². The Bertz CT molecular complexity index is 1500. The van der Waals surface area contributed by atoms with Crippen molar-refractivity contribution >= 4 is 22.5 Å². The van der Waals surface area contributed by atoms with Gasteiger partial charge in [-0.3, -0.25) is 9.59 Å². The van der Waals surface area contributed by atoms with Crippen LogP contribution in [0.4, 0.5) is 5.69 Å². The summed E-state index contributed by atoms with van der Waals surface area (Å²) in [5.74, 6) is 1.66. The molecule has 0 saturated heterocycles. The lowest BCUT2D eigenvalue weighted by molar-refractivity contribution is 0.0983. The van der Waals surface area contributed by atoms with Crippen LogP contribution >= 0.6 is 0 Å². The van der Waals surface area contributed by atoms with Crippen LogP contribution in [0.15, 0.2) is 65.5 Å². The summed E-state index contributed by atoms with van der Waals surface area (Å²) in [6.07, 6.45) is 0. The zero-order valence-electron chi connectivity index (χ0n) is 23.0. The molecule has 0 bridgehead atoms. The molecule has 8 heteroatoms. The lowest BCUT2D eigenvalue weighted by Crippen LogP contribution is -2.33. The van der Waals surface area contributed by atoms with Crippen molar-refractivity contribution in [1.82, 2.24) is 4.98 Å². The van der Waals surface area contributed by atoms with Crippen molar-refractivity contribution in [2.24, 2.45) is 0 Å². The molecule has 0 spiro atoms. The third-order valence-electron chi connectivity index (χ3n) is 6.27. The quantitative estimate of drug-likeness (QED) is 0.260. The smallest absolute Gasteiger partial charge is 0.258 e. The van der Waals surface area contributed by atoms with Gasteiger partial charge in [0.15, 0.2) is 11.5 Å². The van der Waals surface area contributed by atoms with E-state index in [0.29, 0.717) is 65.1 Å². The van der Waals surface area contributed by atoms with Crippen molar-refractivity contribution in [2.45, 2.75) is 34.2 Å². The lowest BCUT2D eigenvalue weighted by atomic mass is 10.1. The van der Waals surface area contributed by atoms with Gasteiger partial charge < -0.3 is 28.8 Å². The van der Waals surface area contributed by atoms with Gasteiger partial charge in [-0.25, -0.2) is 0 Å². The van der Waals surface area contributed by atoms with Crippen LogP contribution in [0.1, 0.15) is 42.3 Å². The number of ether oxygens (including phenoxy) is 4. The van der Waals surface area contributed by atoms with Gasteiger partial charge in [0.1, 0.15) is 5.75 Å².